The summed E-state index contributed by atoms with van der Waals surface area (Å²) >= 11 is 0. The molecule has 0 aliphatic carbocycles. The van der Waals surface area contributed by atoms with Gasteiger partial charge in [0.25, 0.3) is 10.0 Å². The van der Waals surface area contributed by atoms with E-state index in [4.69, 9.17) is 5.14 Å². The van der Waals surface area contributed by atoms with Crippen molar-refractivity contribution in [2.45, 2.75) is 5.03 Å². The molecule has 2 N–H and O–H groups in total. The van der Waals surface area contributed by atoms with E-state index in [0.717, 1.165) is 12.3 Å². The standard InChI is InChI=1S/C7H8N2O4S/c1-13-7(10)5-2-3-6(9-4-5)14(8,11)12/h2-4H,1H3,(H2,8,11,12). The van der Waals surface area contributed by atoms with Crippen molar-refractivity contribution < 1.29 is 17.9 Å². The van der Waals surface area contributed by atoms with Crippen LogP contribution in [0, 0.1) is 0 Å². The lowest BCUT2D eigenvalue weighted by molar-refractivity contribution is 0.0600. The normalized spacial score (nSPS) is 11.0. The van der Waals surface area contributed by atoms with E-state index in [9.17, 15) is 13.2 Å². The smallest absolute Gasteiger partial charge is 0.339 e. The Morgan fingerprint density at radius 1 is 1.50 bits per heavy atom. The summed E-state index contributed by atoms with van der Waals surface area (Å²) in [6, 6.07) is 2.42. The van der Waals surface area contributed by atoms with Crippen LogP contribution >= 0.6 is 0 Å². The molecule has 0 unspecified atom stereocenters. The fourth-order valence-electron chi connectivity index (χ4n) is 0.787. The Labute approximate surface area is 80.8 Å². The van der Waals surface area contributed by atoms with E-state index in [1.165, 1.54) is 13.2 Å². The highest BCUT2D eigenvalue weighted by molar-refractivity contribution is 7.89. The third kappa shape index (κ3) is 2.27. The number of hydrogen-bond acceptors (Lipinski definition) is 5. The molecule has 1 aromatic heterocycles. The molecule has 0 amide bonds. The van der Waals surface area contributed by atoms with Gasteiger partial charge in [-0.1, -0.05) is 0 Å². The molecule has 76 valence electrons. The molecule has 0 atom stereocenters. The average Bonchev–Trinajstić information content (AvgIpc) is 2.15. The summed E-state index contributed by atoms with van der Waals surface area (Å²) in [4.78, 5) is 14.4. The number of pyridine rings is 1. The van der Waals surface area contributed by atoms with Crippen LogP contribution in [-0.2, 0) is 14.8 Å². The first-order chi connectivity index (χ1) is 6.45. The molecule has 0 bridgehead atoms. The molecule has 0 saturated heterocycles. The van der Waals surface area contributed by atoms with Crippen LogP contribution in [0.3, 0.4) is 0 Å². The molecule has 0 saturated carbocycles. The second-order valence-electron chi connectivity index (χ2n) is 2.42. The minimum absolute atomic E-state index is 0.167. The Balaban J connectivity index is 3.07. The van der Waals surface area contributed by atoms with Gasteiger partial charge in [0.05, 0.1) is 12.7 Å². The first kappa shape index (κ1) is 10.6. The molecule has 1 rings (SSSR count). The SMILES string of the molecule is COC(=O)c1ccc(S(N)(=O)=O)nc1. The van der Waals surface area contributed by atoms with Crippen LogP contribution in [0.5, 0.6) is 0 Å². The highest BCUT2D eigenvalue weighted by Crippen LogP contribution is 2.05. The minimum atomic E-state index is -3.82. The number of carbonyl (C=O) groups is 1. The molecule has 1 heterocycles. The van der Waals surface area contributed by atoms with Gasteiger partial charge in [-0.3, -0.25) is 0 Å². The van der Waals surface area contributed by atoms with E-state index in [1.807, 2.05) is 0 Å². The Bertz CT molecular complexity index is 437. The first-order valence-electron chi connectivity index (χ1n) is 3.52. The number of hydrogen-bond donors (Lipinski definition) is 1. The van der Waals surface area contributed by atoms with Gasteiger partial charge in [-0.25, -0.2) is 23.3 Å². The zero-order chi connectivity index (χ0) is 10.8. The number of nitrogens with zero attached hydrogens (tertiary/aromatic N) is 1. The topological polar surface area (TPSA) is 99.4 Å². The van der Waals surface area contributed by atoms with Crippen LogP contribution < -0.4 is 5.14 Å². The van der Waals surface area contributed by atoms with Gasteiger partial charge in [0.1, 0.15) is 0 Å². The van der Waals surface area contributed by atoms with Crippen molar-refractivity contribution in [1.29, 1.82) is 0 Å². The Morgan fingerprint density at radius 2 is 2.14 bits per heavy atom. The van der Waals surface area contributed by atoms with Gasteiger partial charge in [0, 0.05) is 6.20 Å². The van der Waals surface area contributed by atoms with E-state index < -0.39 is 16.0 Å². The maximum Gasteiger partial charge on any atom is 0.339 e. The van der Waals surface area contributed by atoms with Crippen LogP contribution in [0.1, 0.15) is 10.4 Å². The molecule has 0 aliphatic rings. The van der Waals surface area contributed by atoms with Crippen molar-refractivity contribution in [3.63, 3.8) is 0 Å². The Morgan fingerprint density at radius 3 is 2.50 bits per heavy atom. The third-order valence-corrected chi connectivity index (χ3v) is 2.27. The van der Waals surface area contributed by atoms with Crippen LogP contribution in [0.2, 0.25) is 0 Å². The Hall–Kier alpha value is -1.47. The highest BCUT2D eigenvalue weighted by atomic mass is 32.2. The van der Waals surface area contributed by atoms with E-state index in [-0.39, 0.29) is 10.6 Å². The number of methoxy groups -OCH3 is 1. The summed E-state index contributed by atoms with van der Waals surface area (Å²) in [6.45, 7) is 0. The van der Waals surface area contributed by atoms with Crippen molar-refractivity contribution in [3.05, 3.63) is 23.9 Å². The van der Waals surface area contributed by atoms with E-state index in [1.54, 1.807) is 0 Å². The first-order valence-corrected chi connectivity index (χ1v) is 5.07. The molecule has 0 spiro atoms. The fourth-order valence-corrected chi connectivity index (χ4v) is 1.24. The van der Waals surface area contributed by atoms with E-state index in [2.05, 4.69) is 9.72 Å². The van der Waals surface area contributed by atoms with Gasteiger partial charge in [0.2, 0.25) is 0 Å². The zero-order valence-electron chi connectivity index (χ0n) is 7.30. The molecule has 7 heteroatoms. The molecule has 1 aromatic rings. The van der Waals surface area contributed by atoms with E-state index in [0.29, 0.717) is 0 Å². The van der Waals surface area contributed by atoms with Gasteiger partial charge in [-0.2, -0.15) is 0 Å². The monoisotopic (exact) mass is 216 g/mol. The van der Waals surface area contributed by atoms with Gasteiger partial charge >= 0.3 is 5.97 Å². The maximum atomic E-state index is 10.9. The molecule has 14 heavy (non-hydrogen) atoms. The minimum Gasteiger partial charge on any atom is -0.465 e. The molecular weight excluding hydrogens is 208 g/mol. The molecule has 0 aliphatic heterocycles. The van der Waals surface area contributed by atoms with Crippen molar-refractivity contribution in [2.24, 2.45) is 5.14 Å². The number of nitrogens with two attached hydrogens (primary N) is 1. The number of esters is 1. The summed E-state index contributed by atoms with van der Waals surface area (Å²) in [5.74, 6) is -0.585. The van der Waals surface area contributed by atoms with Crippen LogP contribution in [0.15, 0.2) is 23.4 Å². The van der Waals surface area contributed by atoms with Crippen molar-refractivity contribution in [3.8, 4) is 0 Å². The van der Waals surface area contributed by atoms with Gasteiger partial charge in [-0.15, -0.1) is 0 Å². The zero-order valence-corrected chi connectivity index (χ0v) is 8.11. The molecule has 0 radical (unpaired) electrons. The number of ether oxygens (including phenoxy) is 1. The predicted octanol–water partition coefficient (Wildman–Crippen LogP) is -0.484. The second-order valence-corrected chi connectivity index (χ2v) is 3.93. The number of carbonyl (C=O) groups excluding carboxylic acids is 1. The van der Waals surface area contributed by atoms with E-state index >= 15 is 0 Å². The molecular formula is C7H8N2O4S. The quantitative estimate of drug-likeness (QED) is 0.673. The molecule has 6 nitrogen and oxygen atoms in total. The summed E-state index contributed by atoms with van der Waals surface area (Å²) in [5.41, 5.74) is 0.167. The number of aromatic nitrogens is 1. The van der Waals surface area contributed by atoms with Gasteiger partial charge < -0.3 is 4.74 Å². The maximum absolute atomic E-state index is 10.9. The summed E-state index contributed by atoms with van der Waals surface area (Å²) in [7, 11) is -2.60. The fraction of sp³-hybridized carbons (Fsp3) is 0.143. The number of primary sulfonamides is 1. The summed E-state index contributed by atoms with van der Waals surface area (Å²) in [5, 5.41) is 4.52. The molecule has 0 fully saturated rings. The van der Waals surface area contributed by atoms with Crippen LogP contribution in [0.25, 0.3) is 0 Å². The van der Waals surface area contributed by atoms with Crippen molar-refractivity contribution >= 4 is 16.0 Å². The number of rotatable bonds is 2. The number of sulfonamides is 1. The average molecular weight is 216 g/mol. The van der Waals surface area contributed by atoms with Crippen LogP contribution in [-0.4, -0.2) is 26.5 Å². The van der Waals surface area contributed by atoms with Gasteiger partial charge in [-0.05, 0) is 12.1 Å². The highest BCUT2D eigenvalue weighted by Gasteiger charge is 2.11. The summed E-state index contributed by atoms with van der Waals surface area (Å²) < 4.78 is 26.0. The lowest BCUT2D eigenvalue weighted by Crippen LogP contribution is -2.14. The lowest BCUT2D eigenvalue weighted by atomic mass is 10.3. The third-order valence-electron chi connectivity index (χ3n) is 1.45. The summed E-state index contributed by atoms with van der Waals surface area (Å²) in [6.07, 6.45) is 1.09. The van der Waals surface area contributed by atoms with Crippen molar-refractivity contribution in [2.75, 3.05) is 7.11 Å². The Kier molecular flexibility index (Phi) is 2.82. The van der Waals surface area contributed by atoms with Crippen molar-refractivity contribution in [1.82, 2.24) is 4.98 Å². The molecule has 0 aromatic carbocycles. The largest absolute Gasteiger partial charge is 0.465 e. The van der Waals surface area contributed by atoms with Crippen LogP contribution in [0.4, 0.5) is 0 Å². The lowest BCUT2D eigenvalue weighted by Gasteiger charge is -1.99. The second kappa shape index (κ2) is 3.72. The van der Waals surface area contributed by atoms with Gasteiger partial charge in [0.15, 0.2) is 5.03 Å². The predicted molar refractivity (Wildman–Crippen MR) is 46.9 cm³/mol.